The predicted octanol–water partition coefficient (Wildman–Crippen LogP) is 3.25. The number of para-hydroxylation sites is 1. The first-order valence-corrected chi connectivity index (χ1v) is 7.67. The Labute approximate surface area is 120 Å². The van der Waals surface area contributed by atoms with Crippen LogP contribution in [0.4, 0.5) is 0 Å². The third-order valence-corrected chi connectivity index (χ3v) is 4.54. The lowest BCUT2D eigenvalue weighted by atomic mass is 10.0. The molecular weight excluding hydrogens is 250 g/mol. The third-order valence-electron chi connectivity index (χ3n) is 4.54. The van der Waals surface area contributed by atoms with Gasteiger partial charge in [0.1, 0.15) is 11.3 Å². The second kappa shape index (κ2) is 5.98. The van der Waals surface area contributed by atoms with E-state index < -0.39 is 0 Å². The number of furan rings is 1. The molecule has 1 saturated carbocycles. The smallest absolute Gasteiger partial charge is 0.134 e. The summed E-state index contributed by atoms with van der Waals surface area (Å²) < 4.78 is 5.93. The van der Waals surface area contributed by atoms with Gasteiger partial charge in [-0.3, -0.25) is 0 Å². The number of hydrogen-bond donors (Lipinski definition) is 2. The summed E-state index contributed by atoms with van der Waals surface area (Å²) in [5.41, 5.74) is 2.26. The molecular formula is C17H23NO2. The molecule has 3 rings (SSSR count). The van der Waals surface area contributed by atoms with Gasteiger partial charge in [-0.05, 0) is 24.8 Å². The summed E-state index contributed by atoms with van der Waals surface area (Å²) in [5.74, 6) is 1.50. The van der Waals surface area contributed by atoms with Crippen LogP contribution in [-0.2, 0) is 13.0 Å². The van der Waals surface area contributed by atoms with Crippen molar-refractivity contribution in [3.8, 4) is 0 Å². The van der Waals surface area contributed by atoms with Gasteiger partial charge in [-0.2, -0.15) is 0 Å². The molecule has 0 bridgehead atoms. The standard InChI is InChI=1S/C17H23NO2/c1-2-16-14(13-7-3-4-9-17(13)20-16)10-18-15-8-5-6-12(15)11-19/h3-4,7,9,12,15,18-19H,2,5-6,8,10-11H2,1H3. The van der Waals surface area contributed by atoms with Crippen LogP contribution in [0.3, 0.4) is 0 Å². The van der Waals surface area contributed by atoms with Crippen LogP contribution in [-0.4, -0.2) is 17.8 Å². The molecule has 0 amide bonds. The molecule has 1 aliphatic rings. The minimum absolute atomic E-state index is 0.296. The highest BCUT2D eigenvalue weighted by Crippen LogP contribution is 2.29. The van der Waals surface area contributed by atoms with E-state index in [0.717, 1.165) is 30.7 Å². The van der Waals surface area contributed by atoms with Gasteiger partial charge in [-0.15, -0.1) is 0 Å². The zero-order chi connectivity index (χ0) is 13.9. The fourth-order valence-corrected chi connectivity index (χ4v) is 3.39. The van der Waals surface area contributed by atoms with Crippen LogP contribution in [0.2, 0.25) is 0 Å². The SMILES string of the molecule is CCc1oc2ccccc2c1CNC1CCCC1CO. The summed E-state index contributed by atoms with van der Waals surface area (Å²) in [4.78, 5) is 0. The number of nitrogens with one attached hydrogen (secondary N) is 1. The fourth-order valence-electron chi connectivity index (χ4n) is 3.39. The van der Waals surface area contributed by atoms with Gasteiger partial charge in [0.15, 0.2) is 0 Å². The largest absolute Gasteiger partial charge is 0.461 e. The lowest BCUT2D eigenvalue weighted by Gasteiger charge is -2.19. The summed E-state index contributed by atoms with van der Waals surface area (Å²) in [6.07, 6.45) is 4.44. The number of aryl methyl sites for hydroxylation is 1. The van der Waals surface area contributed by atoms with Crippen LogP contribution >= 0.6 is 0 Å². The fraction of sp³-hybridized carbons (Fsp3) is 0.529. The Morgan fingerprint density at radius 1 is 1.30 bits per heavy atom. The van der Waals surface area contributed by atoms with E-state index in [2.05, 4.69) is 24.4 Å². The van der Waals surface area contributed by atoms with Crippen molar-refractivity contribution in [3.63, 3.8) is 0 Å². The van der Waals surface area contributed by atoms with Crippen molar-refractivity contribution in [2.45, 2.75) is 45.2 Å². The Morgan fingerprint density at radius 2 is 2.15 bits per heavy atom. The van der Waals surface area contributed by atoms with E-state index in [-0.39, 0.29) is 0 Å². The summed E-state index contributed by atoms with van der Waals surface area (Å²) in [6, 6.07) is 8.68. The molecule has 1 heterocycles. The van der Waals surface area contributed by atoms with Gasteiger partial charge in [0, 0.05) is 36.6 Å². The van der Waals surface area contributed by atoms with Crippen LogP contribution in [0.25, 0.3) is 11.0 Å². The average molecular weight is 273 g/mol. The van der Waals surface area contributed by atoms with E-state index in [1.54, 1.807) is 0 Å². The topological polar surface area (TPSA) is 45.4 Å². The Kier molecular flexibility index (Phi) is 4.08. The average Bonchev–Trinajstić information content (AvgIpc) is 3.08. The van der Waals surface area contributed by atoms with Crippen molar-refractivity contribution >= 4 is 11.0 Å². The van der Waals surface area contributed by atoms with Crippen molar-refractivity contribution in [2.24, 2.45) is 5.92 Å². The number of rotatable bonds is 5. The third kappa shape index (κ3) is 2.48. The summed E-state index contributed by atoms with van der Waals surface area (Å²) in [6.45, 7) is 3.26. The molecule has 2 atom stereocenters. The van der Waals surface area contributed by atoms with Gasteiger partial charge < -0.3 is 14.8 Å². The maximum Gasteiger partial charge on any atom is 0.134 e. The molecule has 20 heavy (non-hydrogen) atoms. The first-order chi connectivity index (χ1) is 9.83. The van der Waals surface area contributed by atoms with Gasteiger partial charge in [-0.25, -0.2) is 0 Å². The number of fused-ring (bicyclic) bond motifs is 1. The van der Waals surface area contributed by atoms with Gasteiger partial charge in [0.2, 0.25) is 0 Å². The highest BCUT2D eigenvalue weighted by atomic mass is 16.3. The Balaban J connectivity index is 1.79. The lowest BCUT2D eigenvalue weighted by Crippen LogP contribution is -2.33. The minimum Gasteiger partial charge on any atom is -0.461 e. The highest BCUT2D eigenvalue weighted by molar-refractivity contribution is 5.82. The molecule has 0 aliphatic heterocycles. The minimum atomic E-state index is 0.296. The highest BCUT2D eigenvalue weighted by Gasteiger charge is 2.26. The maximum absolute atomic E-state index is 9.41. The number of hydrogen-bond acceptors (Lipinski definition) is 3. The van der Waals surface area contributed by atoms with Crippen LogP contribution in [0, 0.1) is 5.92 Å². The molecule has 0 radical (unpaired) electrons. The summed E-state index contributed by atoms with van der Waals surface area (Å²) in [5, 5.41) is 14.3. The summed E-state index contributed by atoms with van der Waals surface area (Å²) >= 11 is 0. The molecule has 2 N–H and O–H groups in total. The molecule has 0 spiro atoms. The van der Waals surface area contributed by atoms with E-state index in [4.69, 9.17) is 4.42 Å². The maximum atomic E-state index is 9.41. The molecule has 3 nitrogen and oxygen atoms in total. The Hall–Kier alpha value is -1.32. The number of aliphatic hydroxyl groups is 1. The molecule has 1 aromatic carbocycles. The first kappa shape index (κ1) is 13.7. The Morgan fingerprint density at radius 3 is 2.95 bits per heavy atom. The molecule has 2 aromatic rings. The lowest BCUT2D eigenvalue weighted by molar-refractivity contribution is 0.205. The van der Waals surface area contributed by atoms with Crippen LogP contribution in [0.5, 0.6) is 0 Å². The molecule has 3 heteroatoms. The van der Waals surface area contributed by atoms with Crippen molar-refractivity contribution in [2.75, 3.05) is 6.61 Å². The van der Waals surface area contributed by atoms with Gasteiger partial charge in [-0.1, -0.05) is 31.5 Å². The summed E-state index contributed by atoms with van der Waals surface area (Å²) in [7, 11) is 0. The monoisotopic (exact) mass is 273 g/mol. The number of benzene rings is 1. The zero-order valence-corrected chi connectivity index (χ0v) is 12.1. The molecule has 1 aromatic heterocycles. The number of aliphatic hydroxyl groups excluding tert-OH is 1. The second-order valence-corrected chi connectivity index (χ2v) is 5.71. The Bertz CT molecular complexity index is 575. The predicted molar refractivity (Wildman–Crippen MR) is 80.6 cm³/mol. The molecule has 108 valence electrons. The van der Waals surface area contributed by atoms with Crippen molar-refractivity contribution in [1.82, 2.24) is 5.32 Å². The molecule has 0 saturated heterocycles. The van der Waals surface area contributed by atoms with Gasteiger partial charge in [0.25, 0.3) is 0 Å². The molecule has 2 unspecified atom stereocenters. The van der Waals surface area contributed by atoms with Crippen molar-refractivity contribution < 1.29 is 9.52 Å². The van der Waals surface area contributed by atoms with Crippen LogP contribution in [0.1, 0.15) is 37.5 Å². The quantitative estimate of drug-likeness (QED) is 0.879. The van der Waals surface area contributed by atoms with Crippen LogP contribution < -0.4 is 5.32 Å². The van der Waals surface area contributed by atoms with Crippen LogP contribution in [0.15, 0.2) is 28.7 Å². The van der Waals surface area contributed by atoms with E-state index in [1.807, 2.05) is 12.1 Å². The normalized spacial score (nSPS) is 22.7. The molecule has 1 fully saturated rings. The van der Waals surface area contributed by atoms with E-state index in [1.165, 1.54) is 23.8 Å². The van der Waals surface area contributed by atoms with E-state index in [0.29, 0.717) is 18.6 Å². The van der Waals surface area contributed by atoms with E-state index >= 15 is 0 Å². The van der Waals surface area contributed by atoms with Crippen molar-refractivity contribution in [3.05, 3.63) is 35.6 Å². The first-order valence-electron chi connectivity index (χ1n) is 7.67. The van der Waals surface area contributed by atoms with Gasteiger partial charge in [0.05, 0.1) is 0 Å². The zero-order valence-electron chi connectivity index (χ0n) is 12.1. The second-order valence-electron chi connectivity index (χ2n) is 5.71. The van der Waals surface area contributed by atoms with E-state index in [9.17, 15) is 5.11 Å². The molecule has 1 aliphatic carbocycles. The van der Waals surface area contributed by atoms with Crippen molar-refractivity contribution in [1.29, 1.82) is 0 Å². The van der Waals surface area contributed by atoms with Gasteiger partial charge >= 0.3 is 0 Å².